The lowest BCUT2D eigenvalue weighted by Gasteiger charge is -2.00. The van der Waals surface area contributed by atoms with Crippen LogP contribution >= 0.6 is 0 Å². The van der Waals surface area contributed by atoms with Crippen LogP contribution in [0.3, 0.4) is 0 Å². The van der Waals surface area contributed by atoms with E-state index in [-0.39, 0.29) is 5.75 Å². The van der Waals surface area contributed by atoms with Gasteiger partial charge in [-0.25, -0.2) is 0 Å². The van der Waals surface area contributed by atoms with Gasteiger partial charge in [0.25, 0.3) is 0 Å². The largest absolute Gasteiger partial charge is 0.289 e. The van der Waals surface area contributed by atoms with Gasteiger partial charge >= 0.3 is 0 Å². The Morgan fingerprint density at radius 2 is 2.00 bits per heavy atom. The molecule has 0 spiro atoms. The summed E-state index contributed by atoms with van der Waals surface area (Å²) in [6.45, 7) is 2.11. The molecular formula is C12H11O. The number of benzene rings is 2. The zero-order valence-electron chi connectivity index (χ0n) is 7.58. The van der Waals surface area contributed by atoms with Crippen LogP contribution in [-0.2, 0) is 11.5 Å². The van der Waals surface area contributed by atoms with E-state index in [0.717, 1.165) is 17.2 Å². The summed E-state index contributed by atoms with van der Waals surface area (Å²) >= 11 is 0. The van der Waals surface area contributed by atoms with Gasteiger partial charge in [-0.2, -0.15) is 0 Å². The van der Waals surface area contributed by atoms with Crippen molar-refractivity contribution < 1.29 is 5.11 Å². The maximum absolute atomic E-state index is 11.4. The molecule has 0 N–H and O–H groups in total. The Bertz CT molecular complexity index is 432. The van der Waals surface area contributed by atoms with Gasteiger partial charge in [-0.3, -0.25) is 5.11 Å². The fourth-order valence-electron chi connectivity index (χ4n) is 1.52. The number of rotatable bonds is 1. The first kappa shape index (κ1) is 8.11. The summed E-state index contributed by atoms with van der Waals surface area (Å²) in [4.78, 5) is 0. The van der Waals surface area contributed by atoms with Gasteiger partial charge in [0.2, 0.25) is 0 Å². The van der Waals surface area contributed by atoms with Crippen LogP contribution in [0.1, 0.15) is 12.5 Å². The highest BCUT2D eigenvalue weighted by Crippen LogP contribution is 2.25. The highest BCUT2D eigenvalue weighted by atomic mass is 16.3. The smallest absolute Gasteiger partial charge is 0.186 e. The van der Waals surface area contributed by atoms with Gasteiger partial charge in [0.05, 0.1) is 0 Å². The van der Waals surface area contributed by atoms with Gasteiger partial charge in [-0.15, -0.1) is 0 Å². The molecule has 65 valence electrons. The maximum atomic E-state index is 11.4. The van der Waals surface area contributed by atoms with Gasteiger partial charge in [0.15, 0.2) is 5.75 Å². The topological polar surface area (TPSA) is 19.9 Å². The van der Waals surface area contributed by atoms with Crippen molar-refractivity contribution in [1.29, 1.82) is 0 Å². The van der Waals surface area contributed by atoms with Crippen LogP contribution in [-0.4, -0.2) is 0 Å². The molecule has 1 nitrogen and oxygen atoms in total. The van der Waals surface area contributed by atoms with E-state index in [0.29, 0.717) is 0 Å². The Kier molecular flexibility index (Phi) is 1.93. The van der Waals surface area contributed by atoms with E-state index in [9.17, 15) is 5.11 Å². The number of hydrogen-bond acceptors (Lipinski definition) is 0. The summed E-state index contributed by atoms with van der Waals surface area (Å²) in [6, 6.07) is 11.4. The highest BCUT2D eigenvalue weighted by molar-refractivity contribution is 5.88. The maximum Gasteiger partial charge on any atom is 0.186 e. The number of hydrogen-bond donors (Lipinski definition) is 0. The molecule has 1 heteroatoms. The standard InChI is InChI=1S/C12H11O/c1-2-9-6-7-11-10(8-9)4-3-5-12(11)13/h3-8H,2H2,1H3. The van der Waals surface area contributed by atoms with Crippen LogP contribution in [0.15, 0.2) is 36.4 Å². The minimum Gasteiger partial charge on any atom is -0.289 e. The predicted octanol–water partition coefficient (Wildman–Crippen LogP) is 3.55. The predicted molar refractivity (Wildman–Crippen MR) is 53.5 cm³/mol. The number of aryl methyl sites for hydroxylation is 1. The molecule has 0 atom stereocenters. The average Bonchev–Trinajstić information content (AvgIpc) is 2.18. The molecule has 0 bridgehead atoms. The monoisotopic (exact) mass is 171 g/mol. The lowest BCUT2D eigenvalue weighted by atomic mass is 10.1. The molecule has 0 heterocycles. The zero-order chi connectivity index (χ0) is 9.26. The fourth-order valence-corrected chi connectivity index (χ4v) is 1.52. The van der Waals surface area contributed by atoms with Gasteiger partial charge in [-0.1, -0.05) is 37.3 Å². The Morgan fingerprint density at radius 1 is 1.15 bits per heavy atom. The van der Waals surface area contributed by atoms with Crippen LogP contribution in [0.4, 0.5) is 0 Å². The Balaban J connectivity index is 2.72. The average molecular weight is 171 g/mol. The van der Waals surface area contributed by atoms with E-state index in [1.165, 1.54) is 5.56 Å². The van der Waals surface area contributed by atoms with E-state index in [2.05, 4.69) is 13.0 Å². The van der Waals surface area contributed by atoms with Crippen molar-refractivity contribution in [3.63, 3.8) is 0 Å². The summed E-state index contributed by atoms with van der Waals surface area (Å²) < 4.78 is 0. The van der Waals surface area contributed by atoms with E-state index in [4.69, 9.17) is 0 Å². The van der Waals surface area contributed by atoms with Gasteiger partial charge in [0.1, 0.15) is 0 Å². The summed E-state index contributed by atoms with van der Waals surface area (Å²) in [5, 5.41) is 13.2. The van der Waals surface area contributed by atoms with Crippen molar-refractivity contribution >= 4 is 10.8 Å². The van der Waals surface area contributed by atoms with Crippen LogP contribution in [0.2, 0.25) is 0 Å². The van der Waals surface area contributed by atoms with E-state index < -0.39 is 0 Å². The first-order chi connectivity index (χ1) is 6.31. The third kappa shape index (κ3) is 1.37. The lowest BCUT2D eigenvalue weighted by molar-refractivity contribution is 0.360. The van der Waals surface area contributed by atoms with E-state index >= 15 is 0 Å². The highest BCUT2D eigenvalue weighted by Gasteiger charge is 2.00. The van der Waals surface area contributed by atoms with Crippen molar-refractivity contribution in [2.75, 3.05) is 0 Å². The molecule has 0 aliphatic carbocycles. The normalized spacial score (nSPS) is 10.5. The van der Waals surface area contributed by atoms with E-state index in [1.807, 2.05) is 24.3 Å². The molecule has 0 amide bonds. The zero-order valence-corrected chi connectivity index (χ0v) is 7.58. The summed E-state index contributed by atoms with van der Waals surface area (Å²) in [6.07, 6.45) is 1.01. The van der Waals surface area contributed by atoms with Gasteiger partial charge < -0.3 is 0 Å². The third-order valence-electron chi connectivity index (χ3n) is 2.31. The molecule has 1 radical (unpaired) electrons. The first-order valence-corrected chi connectivity index (χ1v) is 4.50. The van der Waals surface area contributed by atoms with Gasteiger partial charge in [-0.05, 0) is 23.4 Å². The molecule has 2 rings (SSSR count). The molecule has 13 heavy (non-hydrogen) atoms. The minimum atomic E-state index is 0.111. The summed E-state index contributed by atoms with van der Waals surface area (Å²) in [5.74, 6) is 0.111. The molecule has 0 aliphatic heterocycles. The Labute approximate surface area is 77.6 Å². The molecule has 0 aromatic heterocycles. The second-order valence-electron chi connectivity index (χ2n) is 3.17. The molecule has 0 saturated carbocycles. The molecular weight excluding hydrogens is 160 g/mol. The second kappa shape index (κ2) is 3.09. The van der Waals surface area contributed by atoms with Crippen LogP contribution in [0, 0.1) is 0 Å². The molecule has 0 fully saturated rings. The SMILES string of the molecule is CCc1ccc2c([O])cccc2c1. The summed E-state index contributed by atoms with van der Waals surface area (Å²) in [7, 11) is 0. The Hall–Kier alpha value is -1.50. The molecule has 0 unspecified atom stereocenters. The Morgan fingerprint density at radius 3 is 2.77 bits per heavy atom. The van der Waals surface area contributed by atoms with Crippen LogP contribution in [0.25, 0.3) is 10.8 Å². The second-order valence-corrected chi connectivity index (χ2v) is 3.17. The fraction of sp³-hybridized carbons (Fsp3) is 0.167. The lowest BCUT2D eigenvalue weighted by Crippen LogP contribution is -1.79. The molecule has 0 aliphatic rings. The number of fused-ring (bicyclic) bond motifs is 1. The van der Waals surface area contributed by atoms with Crippen molar-refractivity contribution in [1.82, 2.24) is 0 Å². The molecule has 2 aromatic carbocycles. The quantitative estimate of drug-likeness (QED) is 0.625. The van der Waals surface area contributed by atoms with E-state index in [1.54, 1.807) is 6.07 Å². The van der Waals surface area contributed by atoms with Crippen molar-refractivity contribution in [2.24, 2.45) is 0 Å². The van der Waals surface area contributed by atoms with Gasteiger partial charge in [0, 0.05) is 5.39 Å². The summed E-state index contributed by atoms with van der Waals surface area (Å²) in [5.41, 5.74) is 1.28. The third-order valence-corrected chi connectivity index (χ3v) is 2.31. The molecule has 2 aromatic rings. The first-order valence-electron chi connectivity index (χ1n) is 4.50. The van der Waals surface area contributed by atoms with Crippen LogP contribution < -0.4 is 0 Å². The van der Waals surface area contributed by atoms with Crippen LogP contribution in [0.5, 0.6) is 5.75 Å². The molecule has 0 saturated heterocycles. The van der Waals surface area contributed by atoms with Crippen molar-refractivity contribution in [3.05, 3.63) is 42.0 Å². The van der Waals surface area contributed by atoms with Crippen molar-refractivity contribution in [3.8, 4) is 5.75 Å². The minimum absolute atomic E-state index is 0.111. The van der Waals surface area contributed by atoms with Crippen molar-refractivity contribution in [2.45, 2.75) is 13.3 Å².